The lowest BCUT2D eigenvalue weighted by Gasteiger charge is -2.47. The van der Waals surface area contributed by atoms with Gasteiger partial charge in [-0.15, -0.1) is 0 Å². The van der Waals surface area contributed by atoms with E-state index in [-0.39, 0.29) is 0 Å². The number of hydrogen-bond donors (Lipinski definition) is 3. The van der Waals surface area contributed by atoms with Crippen LogP contribution in [-0.4, -0.2) is 95.3 Å². The van der Waals surface area contributed by atoms with E-state index in [1.54, 1.807) is 6.92 Å². The van der Waals surface area contributed by atoms with Gasteiger partial charge in [-0.3, -0.25) is 9.59 Å². The summed E-state index contributed by atoms with van der Waals surface area (Å²) in [4.78, 5) is 23.2. The molecule has 31 heavy (non-hydrogen) atoms. The van der Waals surface area contributed by atoms with E-state index >= 15 is 0 Å². The minimum atomic E-state index is -1.50. The van der Waals surface area contributed by atoms with Crippen LogP contribution in [0.5, 0.6) is 0 Å². The molecular formula is C20H34O11. The van der Waals surface area contributed by atoms with E-state index in [1.807, 2.05) is 6.92 Å². The summed E-state index contributed by atoms with van der Waals surface area (Å²) in [6.07, 6.45) is -9.91. The van der Waals surface area contributed by atoms with Crippen LogP contribution < -0.4 is 0 Å². The second-order valence-corrected chi connectivity index (χ2v) is 7.86. The summed E-state index contributed by atoms with van der Waals surface area (Å²) in [7, 11) is 0. The molecule has 2 aliphatic heterocycles. The van der Waals surface area contributed by atoms with Crippen LogP contribution in [0.3, 0.4) is 0 Å². The number of ether oxygens (including phenoxy) is 6. The normalized spacial score (nSPS) is 40.9. The fraction of sp³-hybridized carbons (Fsp3) is 0.900. The summed E-state index contributed by atoms with van der Waals surface area (Å²) < 4.78 is 33.4. The van der Waals surface area contributed by atoms with E-state index in [9.17, 15) is 24.9 Å². The van der Waals surface area contributed by atoms with Crippen molar-refractivity contribution in [2.45, 2.75) is 109 Å². The molecule has 2 aliphatic rings. The highest BCUT2D eigenvalue weighted by Gasteiger charge is 2.52. The van der Waals surface area contributed by atoms with Crippen LogP contribution in [-0.2, 0) is 38.0 Å². The molecule has 0 aromatic carbocycles. The first-order valence-electron chi connectivity index (χ1n) is 10.5. The van der Waals surface area contributed by atoms with E-state index in [0.717, 1.165) is 19.8 Å². The summed E-state index contributed by atoms with van der Waals surface area (Å²) in [5.74, 6) is -1.39. The van der Waals surface area contributed by atoms with Gasteiger partial charge in [0.05, 0.1) is 12.2 Å². The molecule has 0 amide bonds. The quantitative estimate of drug-likeness (QED) is 0.328. The van der Waals surface area contributed by atoms with Crippen LogP contribution in [0.4, 0.5) is 0 Å². The lowest BCUT2D eigenvalue weighted by atomic mass is 9.97. The standard InChI is InChI=1S/C20H34O11/c1-6-7-8-26-15-10(3)27-19(25)18(30-12(5)22)17(15)31-20-16(29-11(4)21)14(24)13(23)9(2)28-20/h9-10,13-20,23-25H,6-8H2,1-5H3/t9?,10?,13-,14?,15-,16-,17?,18-,19?,20-/m0/s1. The number of aliphatic hydroxyl groups excluding tert-OH is 3. The van der Waals surface area contributed by atoms with Crippen molar-refractivity contribution in [1.82, 2.24) is 0 Å². The molecule has 11 heteroatoms. The minimum Gasteiger partial charge on any atom is -0.454 e. The van der Waals surface area contributed by atoms with Gasteiger partial charge in [0.15, 0.2) is 24.8 Å². The Bertz CT molecular complexity index is 600. The number of aliphatic hydroxyl groups is 3. The average molecular weight is 450 g/mol. The van der Waals surface area contributed by atoms with Crippen LogP contribution in [0, 0.1) is 0 Å². The number of hydrogen-bond acceptors (Lipinski definition) is 11. The SMILES string of the molecule is CCCCO[C@H]1C(C)OC(O)[C@@H](OC(C)=O)C1O[C@@H]1OC(C)[C@H](O)C(O)[C@@H]1OC(C)=O. The van der Waals surface area contributed by atoms with Gasteiger partial charge in [0.2, 0.25) is 0 Å². The molecule has 2 rings (SSSR count). The molecule has 2 heterocycles. The summed E-state index contributed by atoms with van der Waals surface area (Å²) in [6.45, 7) is 7.88. The fourth-order valence-electron chi connectivity index (χ4n) is 3.64. The lowest BCUT2D eigenvalue weighted by Crippen LogP contribution is -2.64. The molecule has 0 aliphatic carbocycles. The van der Waals surface area contributed by atoms with E-state index < -0.39 is 73.4 Å². The molecule has 5 unspecified atom stereocenters. The highest BCUT2D eigenvalue weighted by molar-refractivity contribution is 5.66. The molecule has 180 valence electrons. The molecule has 0 aromatic rings. The van der Waals surface area contributed by atoms with E-state index in [2.05, 4.69) is 0 Å². The number of esters is 2. The third-order valence-corrected chi connectivity index (χ3v) is 5.23. The molecule has 0 radical (unpaired) electrons. The maximum atomic E-state index is 11.6. The van der Waals surface area contributed by atoms with Crippen LogP contribution in [0.1, 0.15) is 47.5 Å². The summed E-state index contributed by atoms with van der Waals surface area (Å²) in [5, 5.41) is 30.9. The Hall–Kier alpha value is -1.34. The van der Waals surface area contributed by atoms with Crippen molar-refractivity contribution < 1.29 is 53.3 Å². The van der Waals surface area contributed by atoms with Crippen molar-refractivity contribution in [2.75, 3.05) is 6.61 Å². The van der Waals surface area contributed by atoms with Crippen LogP contribution in [0.15, 0.2) is 0 Å². The highest BCUT2D eigenvalue weighted by Crippen LogP contribution is 2.32. The maximum absolute atomic E-state index is 11.6. The Kier molecular flexibility index (Phi) is 9.62. The van der Waals surface area contributed by atoms with Gasteiger partial charge >= 0.3 is 11.9 Å². The second-order valence-electron chi connectivity index (χ2n) is 7.86. The van der Waals surface area contributed by atoms with Crippen molar-refractivity contribution in [3.8, 4) is 0 Å². The van der Waals surface area contributed by atoms with E-state index in [0.29, 0.717) is 6.61 Å². The van der Waals surface area contributed by atoms with Gasteiger partial charge in [0, 0.05) is 20.5 Å². The highest BCUT2D eigenvalue weighted by atomic mass is 16.7. The third-order valence-electron chi connectivity index (χ3n) is 5.23. The number of carbonyl (C=O) groups is 2. The van der Waals surface area contributed by atoms with Crippen molar-refractivity contribution in [3.63, 3.8) is 0 Å². The number of carbonyl (C=O) groups excluding carboxylic acids is 2. The predicted octanol–water partition coefficient (Wildman–Crippen LogP) is -0.376. The van der Waals surface area contributed by atoms with Gasteiger partial charge in [-0.05, 0) is 20.3 Å². The first-order valence-corrected chi connectivity index (χ1v) is 10.5. The van der Waals surface area contributed by atoms with Gasteiger partial charge < -0.3 is 43.7 Å². The van der Waals surface area contributed by atoms with Gasteiger partial charge in [-0.25, -0.2) is 0 Å². The van der Waals surface area contributed by atoms with Crippen molar-refractivity contribution in [2.24, 2.45) is 0 Å². The van der Waals surface area contributed by atoms with Crippen LogP contribution >= 0.6 is 0 Å². The molecule has 10 atom stereocenters. The zero-order valence-corrected chi connectivity index (χ0v) is 18.5. The lowest BCUT2D eigenvalue weighted by molar-refractivity contribution is -0.354. The number of rotatable bonds is 8. The summed E-state index contributed by atoms with van der Waals surface area (Å²) >= 11 is 0. The van der Waals surface area contributed by atoms with Crippen molar-refractivity contribution in [1.29, 1.82) is 0 Å². The van der Waals surface area contributed by atoms with Gasteiger partial charge in [0.1, 0.15) is 24.4 Å². The van der Waals surface area contributed by atoms with E-state index in [4.69, 9.17) is 28.4 Å². The molecular weight excluding hydrogens is 416 g/mol. The monoisotopic (exact) mass is 450 g/mol. The molecule has 11 nitrogen and oxygen atoms in total. The van der Waals surface area contributed by atoms with E-state index in [1.165, 1.54) is 13.8 Å². The zero-order chi connectivity index (χ0) is 23.3. The molecule has 2 fully saturated rings. The predicted molar refractivity (Wildman–Crippen MR) is 104 cm³/mol. The first-order chi connectivity index (χ1) is 14.6. The Morgan fingerprint density at radius 1 is 0.839 bits per heavy atom. The topological polar surface area (TPSA) is 150 Å². The van der Waals surface area contributed by atoms with Crippen molar-refractivity contribution >= 4 is 11.9 Å². The summed E-state index contributed by atoms with van der Waals surface area (Å²) in [6, 6.07) is 0. The molecule has 2 saturated heterocycles. The number of unbranched alkanes of at least 4 members (excludes halogenated alkanes) is 1. The fourth-order valence-corrected chi connectivity index (χ4v) is 3.64. The Morgan fingerprint density at radius 3 is 2.03 bits per heavy atom. The zero-order valence-electron chi connectivity index (χ0n) is 18.5. The Balaban J connectivity index is 2.32. The second kappa shape index (κ2) is 11.5. The third kappa shape index (κ3) is 6.58. The molecule has 0 aromatic heterocycles. The Morgan fingerprint density at radius 2 is 1.45 bits per heavy atom. The van der Waals surface area contributed by atoms with Gasteiger partial charge in [-0.1, -0.05) is 13.3 Å². The molecule has 0 spiro atoms. The minimum absolute atomic E-state index is 0.369. The summed E-state index contributed by atoms with van der Waals surface area (Å²) in [5.41, 5.74) is 0. The molecule has 0 saturated carbocycles. The van der Waals surface area contributed by atoms with Crippen molar-refractivity contribution in [3.05, 3.63) is 0 Å². The van der Waals surface area contributed by atoms with Gasteiger partial charge in [-0.2, -0.15) is 0 Å². The smallest absolute Gasteiger partial charge is 0.303 e. The average Bonchev–Trinajstić information content (AvgIpc) is 2.68. The largest absolute Gasteiger partial charge is 0.454 e. The van der Waals surface area contributed by atoms with Crippen LogP contribution in [0.2, 0.25) is 0 Å². The first kappa shape index (κ1) is 25.9. The molecule has 3 N–H and O–H groups in total. The van der Waals surface area contributed by atoms with Gasteiger partial charge in [0.25, 0.3) is 0 Å². The maximum Gasteiger partial charge on any atom is 0.303 e. The molecule has 0 bridgehead atoms. The Labute approximate surface area is 181 Å². The van der Waals surface area contributed by atoms with Crippen LogP contribution in [0.25, 0.3) is 0 Å².